The quantitative estimate of drug-likeness (QED) is 0.322. The van der Waals surface area contributed by atoms with Gasteiger partial charge in [-0.05, 0) is 29.5 Å². The summed E-state index contributed by atoms with van der Waals surface area (Å²) < 4.78 is 10.6. The Balaban J connectivity index is 0.000000179. The summed E-state index contributed by atoms with van der Waals surface area (Å²) in [7, 11) is 1.13. The van der Waals surface area contributed by atoms with E-state index in [0.29, 0.717) is 18.0 Å². The van der Waals surface area contributed by atoms with Crippen molar-refractivity contribution < 1.29 is 34.1 Å². The zero-order valence-electron chi connectivity index (χ0n) is 15.8. The van der Waals surface area contributed by atoms with Crippen LogP contribution in [0.4, 0.5) is 5.69 Å². The molecule has 0 saturated carbocycles. The highest BCUT2D eigenvalue weighted by Gasteiger charge is 2.20. The number of fused-ring (bicyclic) bond motifs is 2. The number of carbonyl (C=O) groups is 3. The molecule has 31 heavy (non-hydrogen) atoms. The molecule has 0 saturated heterocycles. The zero-order chi connectivity index (χ0) is 22.5. The number of carbonyl (C=O) groups excluding carboxylic acids is 2. The predicted octanol–water partition coefficient (Wildman–Crippen LogP) is 0.576. The molecule has 3 heterocycles. The standard InChI is InChI=1S/C9H9ClN2O2.C8H6N4O5/c10-11-4-6-1-2-8-7(3-6)12-9(13)5-14-8;1-17-8(16)4-2-3(7(14)15)9-5-6(13)10-11-12(4)5/h1-3,11H,4-5H2,(H,12,13);2,13H,1H3,(H,14,15). The van der Waals surface area contributed by atoms with Gasteiger partial charge in [0.2, 0.25) is 5.65 Å². The molecule has 1 aromatic carbocycles. The van der Waals surface area contributed by atoms with Crippen LogP contribution in [-0.2, 0) is 16.1 Å². The lowest BCUT2D eigenvalue weighted by Gasteiger charge is -2.18. The number of carboxylic acid groups (broad SMARTS) is 1. The molecule has 162 valence electrons. The minimum absolute atomic E-state index is 0.0834. The van der Waals surface area contributed by atoms with Gasteiger partial charge in [-0.15, -0.1) is 0 Å². The molecule has 0 aliphatic carbocycles. The molecule has 4 rings (SSSR count). The van der Waals surface area contributed by atoms with E-state index in [0.717, 1.165) is 23.3 Å². The number of benzene rings is 1. The van der Waals surface area contributed by atoms with Crippen molar-refractivity contribution in [3.05, 3.63) is 41.2 Å². The van der Waals surface area contributed by atoms with E-state index in [1.165, 1.54) is 0 Å². The van der Waals surface area contributed by atoms with Gasteiger partial charge in [0, 0.05) is 12.6 Å². The maximum absolute atomic E-state index is 11.4. The van der Waals surface area contributed by atoms with Crippen molar-refractivity contribution in [3.8, 4) is 11.6 Å². The van der Waals surface area contributed by atoms with Crippen molar-refractivity contribution in [1.29, 1.82) is 0 Å². The third kappa shape index (κ3) is 4.79. The second-order valence-electron chi connectivity index (χ2n) is 5.95. The van der Waals surface area contributed by atoms with Crippen molar-refractivity contribution in [2.45, 2.75) is 6.54 Å². The Morgan fingerprint density at radius 3 is 2.84 bits per heavy atom. The second kappa shape index (κ2) is 9.23. The van der Waals surface area contributed by atoms with Gasteiger partial charge in [0.05, 0.1) is 12.8 Å². The average molecular weight is 451 g/mol. The summed E-state index contributed by atoms with van der Waals surface area (Å²) in [6, 6.07) is 6.53. The number of aromatic carboxylic acids is 1. The molecule has 0 atom stereocenters. The first-order valence-corrected chi connectivity index (χ1v) is 8.88. The number of anilines is 1. The molecular weight excluding hydrogens is 436 g/mol. The Labute approximate surface area is 178 Å². The second-order valence-corrected chi connectivity index (χ2v) is 6.22. The Kier molecular flexibility index (Phi) is 6.47. The molecule has 0 unspecified atom stereocenters. The first-order chi connectivity index (χ1) is 14.8. The summed E-state index contributed by atoms with van der Waals surface area (Å²) in [6.45, 7) is 0.630. The van der Waals surface area contributed by atoms with E-state index < -0.39 is 23.5 Å². The molecule has 0 bridgehead atoms. The topological polar surface area (TPSA) is 177 Å². The number of methoxy groups -OCH3 is 1. The van der Waals surface area contributed by atoms with Gasteiger partial charge in [0.25, 0.3) is 11.8 Å². The molecule has 13 nitrogen and oxygen atoms in total. The van der Waals surface area contributed by atoms with Gasteiger partial charge in [-0.25, -0.2) is 19.4 Å². The van der Waals surface area contributed by atoms with Crippen LogP contribution in [0.2, 0.25) is 0 Å². The number of halogens is 1. The maximum Gasteiger partial charge on any atom is 0.356 e. The van der Waals surface area contributed by atoms with Gasteiger partial charge in [0.1, 0.15) is 5.75 Å². The SMILES string of the molecule is COC(=O)c1cc(C(=O)O)nc2c(O)nnn12.O=C1COc2ccc(CNCl)cc2N1. The van der Waals surface area contributed by atoms with Gasteiger partial charge < -0.3 is 25.0 Å². The van der Waals surface area contributed by atoms with Crippen LogP contribution in [0.5, 0.6) is 11.6 Å². The van der Waals surface area contributed by atoms with Crippen LogP contribution in [0.3, 0.4) is 0 Å². The highest BCUT2D eigenvalue weighted by molar-refractivity contribution is 6.13. The molecule has 0 spiro atoms. The summed E-state index contributed by atoms with van der Waals surface area (Å²) in [4.78, 5) is 39.3. The van der Waals surface area contributed by atoms with Gasteiger partial charge in [-0.2, -0.15) is 4.52 Å². The number of hydrogen-bond donors (Lipinski definition) is 4. The van der Waals surface area contributed by atoms with E-state index in [1.807, 2.05) is 18.2 Å². The van der Waals surface area contributed by atoms with E-state index in [2.05, 4.69) is 30.2 Å². The van der Waals surface area contributed by atoms with Crippen LogP contribution in [-0.4, -0.2) is 61.6 Å². The molecular formula is C17H15ClN6O7. The van der Waals surface area contributed by atoms with Gasteiger partial charge in [-0.3, -0.25) is 4.79 Å². The maximum atomic E-state index is 11.4. The first-order valence-electron chi connectivity index (χ1n) is 8.50. The number of esters is 1. The van der Waals surface area contributed by atoms with Crippen molar-refractivity contribution in [1.82, 2.24) is 24.6 Å². The third-order valence-electron chi connectivity index (χ3n) is 3.92. The lowest BCUT2D eigenvalue weighted by Crippen LogP contribution is -2.25. The molecule has 1 aliphatic heterocycles. The van der Waals surface area contributed by atoms with Crippen LogP contribution in [0.25, 0.3) is 5.65 Å². The fourth-order valence-electron chi connectivity index (χ4n) is 2.54. The summed E-state index contributed by atoms with van der Waals surface area (Å²) in [6.07, 6.45) is 0. The number of ether oxygens (including phenoxy) is 2. The molecule has 1 aliphatic rings. The number of carboxylic acids is 1. The number of aromatic nitrogens is 4. The van der Waals surface area contributed by atoms with Crippen molar-refractivity contribution in [2.75, 3.05) is 19.0 Å². The van der Waals surface area contributed by atoms with Crippen LogP contribution in [0.15, 0.2) is 24.3 Å². The van der Waals surface area contributed by atoms with E-state index >= 15 is 0 Å². The Morgan fingerprint density at radius 2 is 2.16 bits per heavy atom. The van der Waals surface area contributed by atoms with Gasteiger partial charge in [-0.1, -0.05) is 16.4 Å². The number of rotatable bonds is 4. The number of aromatic hydroxyl groups is 1. The first kappa shape index (κ1) is 21.7. The molecule has 0 fully saturated rings. The summed E-state index contributed by atoms with van der Waals surface area (Å²) >= 11 is 5.38. The van der Waals surface area contributed by atoms with E-state index in [-0.39, 0.29) is 23.9 Å². The number of amides is 1. The van der Waals surface area contributed by atoms with E-state index in [4.69, 9.17) is 21.6 Å². The number of nitrogens with one attached hydrogen (secondary N) is 2. The largest absolute Gasteiger partial charge is 0.489 e. The fourth-order valence-corrected chi connectivity index (χ4v) is 2.70. The van der Waals surface area contributed by atoms with Crippen molar-refractivity contribution in [3.63, 3.8) is 0 Å². The summed E-state index contributed by atoms with van der Waals surface area (Å²) in [5.74, 6) is -2.17. The predicted molar refractivity (Wildman–Crippen MR) is 104 cm³/mol. The summed E-state index contributed by atoms with van der Waals surface area (Å²) in [5.41, 5.74) is 0.846. The number of hydrogen-bond acceptors (Lipinski definition) is 10. The smallest absolute Gasteiger partial charge is 0.356 e. The highest BCUT2D eigenvalue weighted by atomic mass is 35.5. The summed E-state index contributed by atoms with van der Waals surface area (Å²) in [5, 5.41) is 27.6. The minimum Gasteiger partial charge on any atom is -0.489 e. The average Bonchev–Trinajstić information content (AvgIpc) is 3.13. The van der Waals surface area contributed by atoms with Crippen LogP contribution < -0.4 is 14.9 Å². The molecule has 3 aromatic rings. The molecule has 1 amide bonds. The zero-order valence-corrected chi connectivity index (χ0v) is 16.6. The Morgan fingerprint density at radius 1 is 1.39 bits per heavy atom. The minimum atomic E-state index is -1.35. The molecule has 14 heteroatoms. The molecule has 4 N–H and O–H groups in total. The van der Waals surface area contributed by atoms with Gasteiger partial charge >= 0.3 is 11.9 Å². The van der Waals surface area contributed by atoms with E-state index in [9.17, 15) is 19.5 Å². The van der Waals surface area contributed by atoms with Crippen LogP contribution in [0.1, 0.15) is 26.5 Å². The van der Waals surface area contributed by atoms with Crippen molar-refractivity contribution >= 4 is 41.0 Å². The van der Waals surface area contributed by atoms with Crippen LogP contribution in [0, 0.1) is 0 Å². The Bertz CT molecular complexity index is 1170. The number of nitrogens with zero attached hydrogens (tertiary/aromatic N) is 4. The van der Waals surface area contributed by atoms with Gasteiger partial charge in [0.15, 0.2) is 18.0 Å². The monoisotopic (exact) mass is 450 g/mol. The fraction of sp³-hybridized carbons (Fsp3) is 0.176. The highest BCUT2D eigenvalue weighted by Crippen LogP contribution is 2.28. The molecule has 0 radical (unpaired) electrons. The third-order valence-corrected chi connectivity index (χ3v) is 4.05. The Hall–Kier alpha value is -3.97. The van der Waals surface area contributed by atoms with E-state index in [1.54, 1.807) is 0 Å². The normalized spacial score (nSPS) is 12.1. The molecule has 2 aromatic heterocycles. The lowest BCUT2D eigenvalue weighted by atomic mass is 10.1. The van der Waals surface area contributed by atoms with Crippen LogP contribution >= 0.6 is 11.8 Å². The lowest BCUT2D eigenvalue weighted by molar-refractivity contribution is -0.118. The van der Waals surface area contributed by atoms with Crippen molar-refractivity contribution in [2.24, 2.45) is 0 Å².